The number of nitrogens with zero attached hydrogens (tertiary/aromatic N) is 1. The van der Waals surface area contributed by atoms with E-state index in [0.29, 0.717) is 82.0 Å². The lowest BCUT2D eigenvalue weighted by molar-refractivity contribution is -0.115. The molecule has 0 bridgehead atoms. The minimum Gasteiger partial charge on any atom is -0.491 e. The van der Waals surface area contributed by atoms with Gasteiger partial charge in [0.25, 0.3) is 5.91 Å². The smallest absolute Gasteiger partial charge is 0.274 e. The van der Waals surface area contributed by atoms with Crippen LogP contribution in [0.3, 0.4) is 0 Å². The van der Waals surface area contributed by atoms with E-state index in [0.717, 1.165) is 22.5 Å². The number of amides is 3. The lowest BCUT2D eigenvalue weighted by atomic mass is 9.99. The average Bonchev–Trinajstić information content (AvgIpc) is 3.47. The Bertz CT molecular complexity index is 1680. The number of fused-ring (bicyclic) bond motifs is 1. The third-order valence-electron chi connectivity index (χ3n) is 7.15. The molecule has 1 aliphatic heterocycles. The highest BCUT2D eigenvalue weighted by Crippen LogP contribution is 2.31. The van der Waals surface area contributed by atoms with Crippen molar-refractivity contribution in [2.45, 2.75) is 13.3 Å². The molecule has 0 unspecified atom stereocenters. The van der Waals surface area contributed by atoms with Gasteiger partial charge >= 0.3 is 0 Å². The highest BCUT2D eigenvalue weighted by Gasteiger charge is 2.21. The first-order chi connectivity index (χ1) is 23.4. The number of rotatable bonds is 18. The standard InChI is InChI=1S/C36H39N5O7/c1-25(42)38-29-8-10-30(11-9-29)48-22-21-47-20-19-46-18-17-45-16-15-37-33-14-12-31(26-7-13-32-27(23-26)24-34(43)40-32)35(41-33)36(44)39-28-5-3-2-4-6-28/h2-14,23H,15-22,24H2,1H3,(H,37,41)(H,38,42)(H,39,44)(H,40,43). The molecule has 4 aromatic rings. The van der Waals surface area contributed by atoms with Crippen LogP contribution >= 0.6 is 0 Å². The van der Waals surface area contributed by atoms with Gasteiger partial charge in [0, 0.05) is 36.1 Å². The first-order valence-electron chi connectivity index (χ1n) is 15.7. The Morgan fingerprint density at radius 1 is 0.771 bits per heavy atom. The zero-order chi connectivity index (χ0) is 33.6. The third kappa shape index (κ3) is 10.4. The maximum absolute atomic E-state index is 13.4. The molecular formula is C36H39N5O7. The van der Waals surface area contributed by atoms with E-state index in [1.54, 1.807) is 24.3 Å². The van der Waals surface area contributed by atoms with Gasteiger partial charge in [0.2, 0.25) is 11.8 Å². The van der Waals surface area contributed by atoms with Crippen molar-refractivity contribution in [3.05, 3.63) is 96.2 Å². The van der Waals surface area contributed by atoms with E-state index in [1.807, 2.05) is 60.7 Å². The van der Waals surface area contributed by atoms with Crippen LogP contribution in [0.1, 0.15) is 23.0 Å². The quantitative estimate of drug-likeness (QED) is 0.109. The van der Waals surface area contributed by atoms with Crippen LogP contribution in [0.2, 0.25) is 0 Å². The first-order valence-corrected chi connectivity index (χ1v) is 15.7. The topological polar surface area (TPSA) is 149 Å². The number of para-hydroxylation sites is 1. The minimum absolute atomic E-state index is 0.0487. The maximum Gasteiger partial charge on any atom is 0.274 e. The van der Waals surface area contributed by atoms with E-state index < -0.39 is 0 Å². The van der Waals surface area contributed by atoms with E-state index in [-0.39, 0.29) is 23.4 Å². The molecule has 12 heteroatoms. The van der Waals surface area contributed by atoms with Crippen molar-refractivity contribution in [1.82, 2.24) is 4.98 Å². The second-order valence-electron chi connectivity index (χ2n) is 10.8. The predicted octanol–water partition coefficient (Wildman–Crippen LogP) is 4.99. The molecule has 0 saturated carbocycles. The molecule has 0 aliphatic carbocycles. The number of carbonyl (C=O) groups excluding carboxylic acids is 3. The fourth-order valence-electron chi connectivity index (χ4n) is 4.92. The molecule has 0 fully saturated rings. The fraction of sp³-hybridized carbons (Fsp3) is 0.278. The average molecular weight is 654 g/mol. The van der Waals surface area contributed by atoms with E-state index >= 15 is 0 Å². The van der Waals surface area contributed by atoms with Crippen molar-refractivity contribution in [2.75, 3.05) is 74.1 Å². The maximum atomic E-state index is 13.4. The molecule has 0 radical (unpaired) electrons. The molecule has 2 heterocycles. The van der Waals surface area contributed by atoms with Crippen LogP contribution in [0.5, 0.6) is 5.75 Å². The molecule has 48 heavy (non-hydrogen) atoms. The first kappa shape index (κ1) is 34.0. The zero-order valence-corrected chi connectivity index (χ0v) is 26.8. The zero-order valence-electron chi connectivity index (χ0n) is 26.8. The Morgan fingerprint density at radius 2 is 1.46 bits per heavy atom. The van der Waals surface area contributed by atoms with Gasteiger partial charge in [-0.05, 0) is 71.8 Å². The molecule has 12 nitrogen and oxygen atoms in total. The van der Waals surface area contributed by atoms with Crippen molar-refractivity contribution >= 4 is 40.6 Å². The summed E-state index contributed by atoms with van der Waals surface area (Å²) in [7, 11) is 0. The number of hydrogen-bond acceptors (Lipinski definition) is 9. The summed E-state index contributed by atoms with van der Waals surface area (Å²) in [6.45, 7) is 4.93. The Hall–Kier alpha value is -5.30. The van der Waals surface area contributed by atoms with Crippen molar-refractivity contribution in [1.29, 1.82) is 0 Å². The van der Waals surface area contributed by atoms with Crippen LogP contribution in [-0.4, -0.2) is 75.5 Å². The van der Waals surface area contributed by atoms with Crippen LogP contribution in [0.4, 0.5) is 22.9 Å². The lowest BCUT2D eigenvalue weighted by Crippen LogP contribution is -2.18. The van der Waals surface area contributed by atoms with Crippen molar-refractivity contribution < 1.29 is 33.3 Å². The normalized spacial score (nSPS) is 11.8. The van der Waals surface area contributed by atoms with Crippen LogP contribution in [0.25, 0.3) is 11.1 Å². The second kappa shape index (κ2) is 17.6. The van der Waals surface area contributed by atoms with E-state index in [9.17, 15) is 14.4 Å². The highest BCUT2D eigenvalue weighted by atomic mass is 16.6. The largest absolute Gasteiger partial charge is 0.491 e. The van der Waals surface area contributed by atoms with E-state index in [2.05, 4.69) is 26.3 Å². The van der Waals surface area contributed by atoms with Gasteiger partial charge in [0.15, 0.2) is 0 Å². The van der Waals surface area contributed by atoms with Crippen molar-refractivity contribution in [2.24, 2.45) is 0 Å². The monoisotopic (exact) mass is 653 g/mol. The number of hydrogen-bond donors (Lipinski definition) is 4. The van der Waals surface area contributed by atoms with E-state index in [1.165, 1.54) is 6.92 Å². The number of aromatic nitrogens is 1. The Labute approximate surface area is 279 Å². The number of anilines is 4. The molecule has 3 amide bonds. The Balaban J connectivity index is 0.999. The molecule has 3 aromatic carbocycles. The van der Waals surface area contributed by atoms with Crippen molar-refractivity contribution in [3.8, 4) is 16.9 Å². The highest BCUT2D eigenvalue weighted by molar-refractivity contribution is 6.08. The van der Waals surface area contributed by atoms with Gasteiger partial charge in [-0.1, -0.05) is 24.3 Å². The molecule has 5 rings (SSSR count). The summed E-state index contributed by atoms with van der Waals surface area (Å²) < 4.78 is 22.4. The van der Waals surface area contributed by atoms with Gasteiger partial charge in [-0.3, -0.25) is 14.4 Å². The van der Waals surface area contributed by atoms with Crippen molar-refractivity contribution in [3.63, 3.8) is 0 Å². The Morgan fingerprint density at radius 3 is 2.19 bits per heavy atom. The third-order valence-corrected chi connectivity index (χ3v) is 7.15. The number of carbonyl (C=O) groups is 3. The summed E-state index contributed by atoms with van der Waals surface area (Å²) in [6, 6.07) is 25.7. The van der Waals surface area contributed by atoms with Gasteiger partial charge in [0.05, 0.1) is 46.1 Å². The number of nitrogens with one attached hydrogen (secondary N) is 4. The van der Waals surface area contributed by atoms with Gasteiger partial charge in [0.1, 0.15) is 23.9 Å². The van der Waals surface area contributed by atoms with Gasteiger partial charge in [-0.2, -0.15) is 0 Å². The summed E-state index contributed by atoms with van der Waals surface area (Å²) in [5.74, 6) is 0.732. The minimum atomic E-state index is -0.339. The van der Waals surface area contributed by atoms with Gasteiger partial charge < -0.3 is 40.2 Å². The molecule has 1 aliphatic rings. The molecule has 0 spiro atoms. The number of ether oxygens (including phenoxy) is 4. The summed E-state index contributed by atoms with van der Waals surface area (Å²) in [4.78, 5) is 41.0. The summed E-state index contributed by atoms with van der Waals surface area (Å²) in [5, 5.41) is 11.7. The molecular weight excluding hydrogens is 614 g/mol. The van der Waals surface area contributed by atoms with Crippen LogP contribution in [-0.2, 0) is 30.2 Å². The molecule has 1 aromatic heterocycles. The molecule has 250 valence electrons. The van der Waals surface area contributed by atoms with E-state index in [4.69, 9.17) is 18.9 Å². The summed E-state index contributed by atoms with van der Waals surface area (Å²) >= 11 is 0. The predicted molar refractivity (Wildman–Crippen MR) is 184 cm³/mol. The SMILES string of the molecule is CC(=O)Nc1ccc(OCCOCCOCCOCCNc2ccc(-c3ccc4c(c3)CC(=O)N4)c(C(=O)Nc3ccccc3)n2)cc1. The Kier molecular flexibility index (Phi) is 12.5. The second-order valence-corrected chi connectivity index (χ2v) is 10.8. The number of benzene rings is 3. The van der Waals surface area contributed by atoms with Crippen LogP contribution < -0.4 is 26.0 Å². The fourth-order valence-corrected chi connectivity index (χ4v) is 4.92. The molecule has 0 atom stereocenters. The van der Waals surface area contributed by atoms with Crippen LogP contribution in [0.15, 0.2) is 84.9 Å². The summed E-state index contributed by atoms with van der Waals surface area (Å²) in [5.41, 5.74) is 4.78. The van der Waals surface area contributed by atoms with Crippen LogP contribution in [0, 0.1) is 0 Å². The van der Waals surface area contributed by atoms with Gasteiger partial charge in [-0.25, -0.2) is 4.98 Å². The molecule has 4 N–H and O–H groups in total. The summed E-state index contributed by atoms with van der Waals surface area (Å²) in [6.07, 6.45) is 0.302. The molecule has 0 saturated heterocycles. The number of pyridine rings is 1. The lowest BCUT2D eigenvalue weighted by Gasteiger charge is -2.14. The van der Waals surface area contributed by atoms with Gasteiger partial charge in [-0.15, -0.1) is 0 Å².